The van der Waals surface area contributed by atoms with Crippen LogP contribution < -0.4 is 11.1 Å². The molecule has 3 nitrogen and oxygen atoms in total. The van der Waals surface area contributed by atoms with E-state index in [-0.39, 0.29) is 0 Å². The lowest BCUT2D eigenvalue weighted by Gasteiger charge is -2.14. The number of hydrogen-bond donors (Lipinski definition) is 2. The summed E-state index contributed by atoms with van der Waals surface area (Å²) >= 11 is 5.08. The summed E-state index contributed by atoms with van der Waals surface area (Å²) < 4.78 is 0. The van der Waals surface area contributed by atoms with Gasteiger partial charge in [-0.1, -0.05) is 24.4 Å². The number of thiocarbonyl (C=S) groups is 1. The van der Waals surface area contributed by atoms with Crippen molar-refractivity contribution in [2.75, 3.05) is 32.5 Å². The Kier molecular flexibility index (Phi) is 6.09. The van der Waals surface area contributed by atoms with Gasteiger partial charge in [-0.25, -0.2) is 0 Å². The molecule has 0 aliphatic carbocycles. The zero-order valence-electron chi connectivity index (χ0n) is 11.5. The Bertz CT molecular complexity index is 402. The summed E-state index contributed by atoms with van der Waals surface area (Å²) in [5.41, 5.74) is 8.95. The monoisotopic (exact) mass is 265 g/mol. The molecule has 0 saturated carbocycles. The Hall–Kier alpha value is -1.13. The quantitative estimate of drug-likeness (QED) is 0.587. The smallest absolute Gasteiger partial charge is 0.106 e. The first-order valence-electron chi connectivity index (χ1n) is 6.30. The zero-order chi connectivity index (χ0) is 13.5. The van der Waals surface area contributed by atoms with Gasteiger partial charge in [0.15, 0.2) is 0 Å². The maximum atomic E-state index is 5.74. The molecule has 0 aromatic heterocycles. The molecule has 0 radical (unpaired) electrons. The van der Waals surface area contributed by atoms with E-state index in [1.165, 1.54) is 12.0 Å². The first kappa shape index (κ1) is 14.9. The second kappa shape index (κ2) is 7.34. The molecule has 100 valence electrons. The number of unbranched alkanes of at least 4 members (excludes halogenated alkanes) is 1. The number of hydrogen-bond acceptors (Lipinski definition) is 3. The van der Waals surface area contributed by atoms with E-state index < -0.39 is 0 Å². The van der Waals surface area contributed by atoms with Crippen LogP contribution in [0.3, 0.4) is 0 Å². The van der Waals surface area contributed by atoms with Crippen LogP contribution >= 0.6 is 12.2 Å². The molecule has 0 unspecified atom stereocenters. The second-order valence-electron chi connectivity index (χ2n) is 4.80. The van der Waals surface area contributed by atoms with E-state index in [9.17, 15) is 0 Å². The number of anilines is 1. The van der Waals surface area contributed by atoms with Crippen molar-refractivity contribution in [2.24, 2.45) is 5.73 Å². The summed E-state index contributed by atoms with van der Waals surface area (Å²) in [5, 5.41) is 3.45. The Morgan fingerprint density at radius 3 is 2.67 bits per heavy atom. The van der Waals surface area contributed by atoms with E-state index in [1.54, 1.807) is 0 Å². The SMILES string of the molecule is Cc1cccc(C(N)=S)c1NCCCCN(C)C. The molecule has 4 heteroatoms. The molecule has 3 N–H and O–H groups in total. The van der Waals surface area contributed by atoms with Crippen molar-refractivity contribution < 1.29 is 0 Å². The molecule has 1 aromatic rings. The molecular formula is C14H23N3S. The average molecular weight is 265 g/mol. The third-order valence-corrected chi connectivity index (χ3v) is 3.09. The molecule has 18 heavy (non-hydrogen) atoms. The lowest BCUT2D eigenvalue weighted by atomic mass is 10.1. The van der Waals surface area contributed by atoms with E-state index in [2.05, 4.69) is 37.3 Å². The number of para-hydroxylation sites is 1. The molecule has 0 spiro atoms. The highest BCUT2D eigenvalue weighted by Crippen LogP contribution is 2.20. The summed E-state index contributed by atoms with van der Waals surface area (Å²) in [6.45, 7) is 4.15. The van der Waals surface area contributed by atoms with Gasteiger partial charge < -0.3 is 16.0 Å². The van der Waals surface area contributed by atoms with Crippen LogP contribution in [0.15, 0.2) is 18.2 Å². The van der Waals surface area contributed by atoms with Crippen LogP contribution in [-0.2, 0) is 0 Å². The molecule has 0 aliphatic heterocycles. The minimum Gasteiger partial charge on any atom is -0.389 e. The topological polar surface area (TPSA) is 41.3 Å². The number of benzene rings is 1. The van der Waals surface area contributed by atoms with Crippen LogP contribution in [0.25, 0.3) is 0 Å². The minimum absolute atomic E-state index is 0.453. The molecule has 0 bridgehead atoms. The molecule has 1 aromatic carbocycles. The average Bonchev–Trinajstić information content (AvgIpc) is 2.29. The van der Waals surface area contributed by atoms with Crippen LogP contribution in [0.4, 0.5) is 5.69 Å². The van der Waals surface area contributed by atoms with Gasteiger partial charge in [0.25, 0.3) is 0 Å². The lowest BCUT2D eigenvalue weighted by molar-refractivity contribution is 0.396. The van der Waals surface area contributed by atoms with Gasteiger partial charge in [-0.05, 0) is 52.0 Å². The maximum absolute atomic E-state index is 5.74. The van der Waals surface area contributed by atoms with Crippen LogP contribution in [0.2, 0.25) is 0 Å². The van der Waals surface area contributed by atoms with Gasteiger partial charge in [0.2, 0.25) is 0 Å². The Balaban J connectivity index is 2.53. The first-order valence-corrected chi connectivity index (χ1v) is 6.71. The Labute approximate surface area is 115 Å². The van der Waals surface area contributed by atoms with Crippen molar-refractivity contribution >= 4 is 22.9 Å². The molecule has 0 amide bonds. The molecule has 0 atom stereocenters. The Morgan fingerprint density at radius 2 is 2.06 bits per heavy atom. The maximum Gasteiger partial charge on any atom is 0.106 e. The fraction of sp³-hybridized carbons (Fsp3) is 0.500. The molecule has 1 rings (SSSR count). The number of nitrogens with one attached hydrogen (secondary N) is 1. The third kappa shape index (κ3) is 4.63. The van der Waals surface area contributed by atoms with E-state index in [1.807, 2.05) is 12.1 Å². The van der Waals surface area contributed by atoms with Crippen molar-refractivity contribution in [2.45, 2.75) is 19.8 Å². The van der Waals surface area contributed by atoms with Gasteiger partial charge in [-0.3, -0.25) is 0 Å². The summed E-state index contributed by atoms with van der Waals surface area (Å²) in [6.07, 6.45) is 2.33. The predicted octanol–water partition coefficient (Wildman–Crippen LogP) is 2.38. The highest BCUT2D eigenvalue weighted by Gasteiger charge is 2.06. The second-order valence-corrected chi connectivity index (χ2v) is 5.24. The van der Waals surface area contributed by atoms with E-state index in [0.717, 1.165) is 30.8 Å². The highest BCUT2D eigenvalue weighted by molar-refractivity contribution is 7.80. The van der Waals surface area contributed by atoms with E-state index in [4.69, 9.17) is 18.0 Å². The minimum atomic E-state index is 0.453. The van der Waals surface area contributed by atoms with Crippen molar-refractivity contribution in [3.05, 3.63) is 29.3 Å². The van der Waals surface area contributed by atoms with Crippen molar-refractivity contribution in [3.63, 3.8) is 0 Å². The third-order valence-electron chi connectivity index (χ3n) is 2.87. The Morgan fingerprint density at radius 1 is 1.33 bits per heavy atom. The van der Waals surface area contributed by atoms with Gasteiger partial charge in [-0.15, -0.1) is 0 Å². The number of nitrogens with two attached hydrogens (primary N) is 1. The normalized spacial score (nSPS) is 10.7. The van der Waals surface area contributed by atoms with Gasteiger partial charge >= 0.3 is 0 Å². The summed E-state index contributed by atoms with van der Waals surface area (Å²) in [5.74, 6) is 0. The lowest BCUT2D eigenvalue weighted by Crippen LogP contribution is -2.16. The van der Waals surface area contributed by atoms with Crippen LogP contribution in [0.1, 0.15) is 24.0 Å². The van der Waals surface area contributed by atoms with Gasteiger partial charge in [-0.2, -0.15) is 0 Å². The van der Waals surface area contributed by atoms with E-state index in [0.29, 0.717) is 4.99 Å². The number of nitrogens with zero attached hydrogens (tertiary/aromatic N) is 1. The molecule has 0 heterocycles. The van der Waals surface area contributed by atoms with Crippen molar-refractivity contribution in [1.82, 2.24) is 4.90 Å². The summed E-state index contributed by atoms with van der Waals surface area (Å²) in [7, 11) is 4.19. The zero-order valence-corrected chi connectivity index (χ0v) is 12.3. The largest absolute Gasteiger partial charge is 0.389 e. The standard InChI is InChI=1S/C14H23N3S/c1-11-7-6-8-12(14(15)18)13(11)16-9-4-5-10-17(2)3/h6-8,16H,4-5,9-10H2,1-3H3,(H2,15,18). The van der Waals surface area contributed by atoms with Gasteiger partial charge in [0, 0.05) is 17.8 Å². The van der Waals surface area contributed by atoms with Crippen LogP contribution in [0, 0.1) is 6.92 Å². The van der Waals surface area contributed by atoms with Gasteiger partial charge in [0.1, 0.15) is 4.99 Å². The van der Waals surface area contributed by atoms with Crippen molar-refractivity contribution in [1.29, 1.82) is 0 Å². The summed E-state index contributed by atoms with van der Waals surface area (Å²) in [6, 6.07) is 6.03. The van der Waals surface area contributed by atoms with Gasteiger partial charge in [0.05, 0.1) is 0 Å². The number of aryl methyl sites for hydroxylation is 1. The predicted molar refractivity (Wildman–Crippen MR) is 83.3 cm³/mol. The fourth-order valence-corrected chi connectivity index (χ4v) is 2.04. The molecule has 0 fully saturated rings. The summed E-state index contributed by atoms with van der Waals surface area (Å²) in [4.78, 5) is 2.66. The molecular weight excluding hydrogens is 242 g/mol. The van der Waals surface area contributed by atoms with Crippen LogP contribution in [0.5, 0.6) is 0 Å². The van der Waals surface area contributed by atoms with E-state index >= 15 is 0 Å². The number of rotatable bonds is 7. The first-order chi connectivity index (χ1) is 8.52. The highest BCUT2D eigenvalue weighted by atomic mass is 32.1. The fourth-order valence-electron chi connectivity index (χ4n) is 1.87. The molecule has 0 saturated heterocycles. The van der Waals surface area contributed by atoms with Crippen molar-refractivity contribution in [3.8, 4) is 0 Å². The van der Waals surface area contributed by atoms with Crippen LogP contribution in [-0.4, -0.2) is 37.1 Å². The molecule has 0 aliphatic rings.